The van der Waals surface area contributed by atoms with E-state index in [0.29, 0.717) is 37.0 Å². The van der Waals surface area contributed by atoms with Crippen molar-refractivity contribution in [3.05, 3.63) is 119 Å². The Morgan fingerprint density at radius 1 is 0.605 bits per heavy atom. The molecule has 0 unspecified atom stereocenters. The van der Waals surface area contributed by atoms with Crippen LogP contribution in [0.1, 0.15) is 47.9 Å². The Labute approximate surface area is 258 Å². The second kappa shape index (κ2) is 18.5. The molecular weight excluding hydrogens is 564 g/mol. The van der Waals surface area contributed by atoms with Crippen molar-refractivity contribution < 1.29 is 28.5 Å². The summed E-state index contributed by atoms with van der Waals surface area (Å²) in [6, 6.07) is 20.6. The van der Waals surface area contributed by atoms with Crippen LogP contribution >= 0.6 is 11.6 Å². The molecule has 6 nitrogen and oxygen atoms in total. The largest absolute Gasteiger partial charge is 0.494 e. The first-order valence-corrected chi connectivity index (χ1v) is 14.2. The second-order valence-electron chi connectivity index (χ2n) is 9.10. The third kappa shape index (κ3) is 12.6. The van der Waals surface area contributed by atoms with Crippen molar-refractivity contribution in [3.63, 3.8) is 0 Å². The minimum absolute atomic E-state index is 0.352. The van der Waals surface area contributed by atoms with E-state index in [9.17, 15) is 9.59 Å². The average Bonchev–Trinajstić information content (AvgIpc) is 3.03. The number of benzene rings is 3. The van der Waals surface area contributed by atoms with E-state index < -0.39 is 11.9 Å². The van der Waals surface area contributed by atoms with Crippen LogP contribution in [-0.2, 0) is 19.1 Å². The van der Waals surface area contributed by atoms with Gasteiger partial charge in [0.15, 0.2) is 0 Å². The average molecular weight is 597 g/mol. The van der Waals surface area contributed by atoms with Crippen molar-refractivity contribution in [1.82, 2.24) is 0 Å². The predicted molar refractivity (Wildman–Crippen MR) is 168 cm³/mol. The van der Waals surface area contributed by atoms with Crippen molar-refractivity contribution in [2.24, 2.45) is 0 Å². The lowest BCUT2D eigenvalue weighted by atomic mass is 10.1. The molecule has 0 atom stereocenters. The van der Waals surface area contributed by atoms with E-state index in [0.717, 1.165) is 66.0 Å². The second-order valence-corrected chi connectivity index (χ2v) is 9.50. The zero-order valence-corrected chi connectivity index (χ0v) is 24.7. The molecule has 0 heterocycles. The standard InChI is InChI=1S/C36H33ClO6/c1-3-35(38)42-25-7-5-23-40-32-19-13-28(14-20-32)9-10-30-12-18-31(34(37)27-30)17-11-29-15-21-33(22-16-29)41-24-6-8-26-43-36(39)4-2/h3-4,12-16,18-22,27H,1-2,5-8,23-26H2. The zero-order chi connectivity index (χ0) is 30.7. The van der Waals surface area contributed by atoms with E-state index in [1.807, 2.05) is 60.7 Å². The quantitative estimate of drug-likeness (QED) is 0.0871. The van der Waals surface area contributed by atoms with Gasteiger partial charge in [0.2, 0.25) is 0 Å². The monoisotopic (exact) mass is 596 g/mol. The summed E-state index contributed by atoms with van der Waals surface area (Å²) in [7, 11) is 0. The van der Waals surface area contributed by atoms with Gasteiger partial charge in [-0.25, -0.2) is 9.59 Å². The first-order valence-electron chi connectivity index (χ1n) is 13.8. The highest BCUT2D eigenvalue weighted by Crippen LogP contribution is 2.18. The maximum atomic E-state index is 11.0. The van der Waals surface area contributed by atoms with Gasteiger partial charge < -0.3 is 18.9 Å². The minimum Gasteiger partial charge on any atom is -0.494 e. The first kappa shape index (κ1) is 32.6. The number of unbranched alkanes of at least 4 members (excludes halogenated alkanes) is 2. The lowest BCUT2D eigenvalue weighted by molar-refractivity contribution is -0.138. The Kier molecular flexibility index (Phi) is 14.0. The van der Waals surface area contributed by atoms with E-state index in [1.165, 1.54) is 0 Å². The van der Waals surface area contributed by atoms with Gasteiger partial charge in [-0.2, -0.15) is 0 Å². The van der Waals surface area contributed by atoms with Crippen LogP contribution in [0, 0.1) is 23.7 Å². The van der Waals surface area contributed by atoms with Crippen LogP contribution in [0.5, 0.6) is 11.5 Å². The Hall–Kier alpha value is -4.91. The highest BCUT2D eigenvalue weighted by atomic mass is 35.5. The molecule has 0 bridgehead atoms. The van der Waals surface area contributed by atoms with E-state index in [4.69, 9.17) is 30.5 Å². The van der Waals surface area contributed by atoms with Gasteiger partial charge in [-0.3, -0.25) is 0 Å². The lowest BCUT2D eigenvalue weighted by Gasteiger charge is -2.06. The summed E-state index contributed by atoms with van der Waals surface area (Å²) in [6.45, 7) is 8.49. The van der Waals surface area contributed by atoms with Gasteiger partial charge in [0.05, 0.1) is 31.5 Å². The Morgan fingerprint density at radius 2 is 1.02 bits per heavy atom. The Bertz CT molecular complexity index is 1500. The number of halogens is 1. The van der Waals surface area contributed by atoms with E-state index >= 15 is 0 Å². The molecule has 220 valence electrons. The number of hydrogen-bond acceptors (Lipinski definition) is 6. The molecule has 43 heavy (non-hydrogen) atoms. The third-order valence-electron chi connectivity index (χ3n) is 5.81. The van der Waals surface area contributed by atoms with Crippen LogP contribution in [0.4, 0.5) is 0 Å². The molecule has 0 spiro atoms. The van der Waals surface area contributed by atoms with Crippen LogP contribution in [0.25, 0.3) is 0 Å². The number of ether oxygens (including phenoxy) is 4. The van der Waals surface area contributed by atoms with Crippen molar-refractivity contribution in [2.75, 3.05) is 26.4 Å². The normalized spacial score (nSPS) is 9.79. The molecule has 0 aliphatic heterocycles. The lowest BCUT2D eigenvalue weighted by Crippen LogP contribution is -2.04. The SMILES string of the molecule is C=CC(=O)OCCCCOc1ccc(C#Cc2ccc(C#Cc3ccc(OCCCCOC(=O)C=C)cc3)c(Cl)c2)cc1. The molecule has 0 N–H and O–H groups in total. The van der Waals surface area contributed by atoms with Gasteiger partial charge in [-0.15, -0.1) is 0 Å². The minimum atomic E-state index is -0.412. The smallest absolute Gasteiger partial charge is 0.330 e. The van der Waals surface area contributed by atoms with Crippen molar-refractivity contribution in [1.29, 1.82) is 0 Å². The van der Waals surface area contributed by atoms with Crippen LogP contribution in [0.15, 0.2) is 92.0 Å². The highest BCUT2D eigenvalue weighted by molar-refractivity contribution is 6.31. The summed E-state index contributed by atoms with van der Waals surface area (Å²) in [5.41, 5.74) is 3.19. The zero-order valence-electron chi connectivity index (χ0n) is 23.9. The summed E-state index contributed by atoms with van der Waals surface area (Å²) < 4.78 is 21.3. The molecule has 0 fully saturated rings. The Balaban J connectivity index is 1.43. The van der Waals surface area contributed by atoms with Crippen molar-refractivity contribution in [3.8, 4) is 35.2 Å². The summed E-state index contributed by atoms with van der Waals surface area (Å²) in [5.74, 6) is 13.2. The fourth-order valence-electron chi connectivity index (χ4n) is 3.50. The summed E-state index contributed by atoms with van der Waals surface area (Å²) >= 11 is 6.48. The number of esters is 2. The molecule has 3 aromatic rings. The number of carbonyl (C=O) groups is 2. The maximum absolute atomic E-state index is 11.0. The highest BCUT2D eigenvalue weighted by Gasteiger charge is 2.01. The van der Waals surface area contributed by atoms with Gasteiger partial charge in [-0.1, -0.05) is 48.4 Å². The van der Waals surface area contributed by atoms with Gasteiger partial charge in [-0.05, 0) is 92.4 Å². The van der Waals surface area contributed by atoms with Gasteiger partial charge in [0.25, 0.3) is 0 Å². The van der Waals surface area contributed by atoms with E-state index in [1.54, 1.807) is 6.07 Å². The van der Waals surface area contributed by atoms with Gasteiger partial charge in [0, 0.05) is 34.4 Å². The number of hydrogen-bond donors (Lipinski definition) is 0. The summed E-state index contributed by atoms with van der Waals surface area (Å²) in [4.78, 5) is 22.0. The molecule has 0 saturated heterocycles. The molecule has 0 aliphatic carbocycles. The Morgan fingerprint density at radius 3 is 1.49 bits per heavy atom. The summed E-state index contributed by atoms with van der Waals surface area (Å²) in [5, 5.41) is 0.529. The molecule has 0 aliphatic rings. The van der Waals surface area contributed by atoms with Crippen LogP contribution in [0.3, 0.4) is 0 Å². The van der Waals surface area contributed by atoms with Gasteiger partial charge >= 0.3 is 11.9 Å². The topological polar surface area (TPSA) is 71.1 Å². The van der Waals surface area contributed by atoms with Crippen LogP contribution in [0.2, 0.25) is 5.02 Å². The maximum Gasteiger partial charge on any atom is 0.330 e. The molecule has 3 aromatic carbocycles. The fraction of sp³-hybridized carbons (Fsp3) is 0.222. The van der Waals surface area contributed by atoms with E-state index in [2.05, 4.69) is 36.8 Å². The molecular formula is C36H33ClO6. The van der Waals surface area contributed by atoms with Crippen molar-refractivity contribution >= 4 is 23.5 Å². The van der Waals surface area contributed by atoms with Crippen molar-refractivity contribution in [2.45, 2.75) is 25.7 Å². The first-order chi connectivity index (χ1) is 21.0. The molecule has 0 amide bonds. The van der Waals surface area contributed by atoms with Crippen LogP contribution < -0.4 is 9.47 Å². The molecule has 0 saturated carbocycles. The fourth-order valence-corrected chi connectivity index (χ4v) is 3.73. The number of rotatable bonds is 14. The van der Waals surface area contributed by atoms with Gasteiger partial charge in [0.1, 0.15) is 11.5 Å². The molecule has 0 radical (unpaired) electrons. The molecule has 3 rings (SSSR count). The van der Waals surface area contributed by atoms with Crippen LogP contribution in [-0.4, -0.2) is 38.4 Å². The predicted octanol–water partition coefficient (Wildman–Crippen LogP) is 6.92. The molecule has 7 heteroatoms. The molecule has 0 aromatic heterocycles. The summed E-state index contributed by atoms with van der Waals surface area (Å²) in [6.07, 6.45) is 5.29. The third-order valence-corrected chi connectivity index (χ3v) is 6.12. The van der Waals surface area contributed by atoms with E-state index in [-0.39, 0.29) is 0 Å². The number of carbonyl (C=O) groups excluding carboxylic acids is 2.